The molecule has 7 nitrogen and oxygen atoms in total. The number of nitrogens with one attached hydrogen (secondary N) is 2. The third-order valence-corrected chi connectivity index (χ3v) is 3.64. The third kappa shape index (κ3) is 3.77. The fourth-order valence-corrected chi connectivity index (χ4v) is 2.12. The lowest BCUT2D eigenvalue weighted by atomic mass is 10.0. The van der Waals surface area contributed by atoms with Gasteiger partial charge in [0, 0.05) is 31.3 Å². The second-order valence-corrected chi connectivity index (χ2v) is 5.44. The fraction of sp³-hybridized carbons (Fsp3) is 0.500. The molecule has 0 unspecified atom stereocenters. The van der Waals surface area contributed by atoms with Gasteiger partial charge in [0.15, 0.2) is 0 Å². The van der Waals surface area contributed by atoms with Crippen molar-refractivity contribution in [2.24, 2.45) is 0 Å². The minimum Gasteiger partial charge on any atom is -0.363 e. The van der Waals surface area contributed by atoms with Crippen molar-refractivity contribution in [3.8, 4) is 0 Å². The van der Waals surface area contributed by atoms with Crippen molar-refractivity contribution in [3.63, 3.8) is 0 Å². The summed E-state index contributed by atoms with van der Waals surface area (Å²) in [7, 11) is 0. The maximum absolute atomic E-state index is 11.7. The molecule has 1 aromatic rings. The van der Waals surface area contributed by atoms with E-state index in [0.717, 1.165) is 18.7 Å². The van der Waals surface area contributed by atoms with Crippen LogP contribution in [-0.2, 0) is 16.1 Å². The van der Waals surface area contributed by atoms with E-state index in [4.69, 9.17) is 4.74 Å². The van der Waals surface area contributed by atoms with E-state index in [9.17, 15) is 14.9 Å². The Labute approximate surface area is 122 Å². The predicted octanol–water partition coefficient (Wildman–Crippen LogP) is 0.898. The number of amides is 1. The van der Waals surface area contributed by atoms with E-state index < -0.39 is 4.92 Å². The number of hydrogen-bond acceptors (Lipinski definition) is 5. The number of rotatable bonds is 6. The lowest BCUT2D eigenvalue weighted by Crippen LogP contribution is -2.59. The molecule has 114 valence electrons. The Morgan fingerprint density at radius 2 is 2.24 bits per heavy atom. The van der Waals surface area contributed by atoms with Crippen LogP contribution in [-0.4, -0.2) is 36.1 Å². The van der Waals surface area contributed by atoms with Crippen molar-refractivity contribution in [3.05, 3.63) is 39.4 Å². The molecule has 7 heteroatoms. The van der Waals surface area contributed by atoms with Gasteiger partial charge in [-0.2, -0.15) is 0 Å². The first-order valence-electron chi connectivity index (χ1n) is 6.75. The van der Waals surface area contributed by atoms with Crippen LogP contribution in [0.3, 0.4) is 0 Å². The summed E-state index contributed by atoms with van der Waals surface area (Å²) in [6.07, 6.45) is 0. The maximum Gasteiger partial charge on any atom is 0.272 e. The molecule has 1 aliphatic rings. The molecule has 0 atom stereocenters. The number of nitro groups is 1. The van der Waals surface area contributed by atoms with Crippen LogP contribution in [0, 0.1) is 17.0 Å². The van der Waals surface area contributed by atoms with Gasteiger partial charge in [0.05, 0.1) is 10.5 Å². The van der Waals surface area contributed by atoms with E-state index in [-0.39, 0.29) is 30.3 Å². The van der Waals surface area contributed by atoms with E-state index in [1.165, 1.54) is 6.07 Å². The molecule has 0 aliphatic carbocycles. The van der Waals surface area contributed by atoms with Gasteiger partial charge in [0.25, 0.3) is 5.69 Å². The number of nitro benzene ring substituents is 1. The zero-order valence-corrected chi connectivity index (χ0v) is 12.1. The van der Waals surface area contributed by atoms with Crippen LogP contribution in [0.2, 0.25) is 0 Å². The third-order valence-electron chi connectivity index (χ3n) is 3.64. The van der Waals surface area contributed by atoms with Gasteiger partial charge in [-0.05, 0) is 19.4 Å². The van der Waals surface area contributed by atoms with Crippen LogP contribution in [0.5, 0.6) is 0 Å². The molecule has 0 spiro atoms. The second-order valence-electron chi connectivity index (χ2n) is 5.44. The number of nitrogens with zero attached hydrogens (tertiary/aromatic N) is 1. The molecule has 1 fully saturated rings. The molecule has 0 saturated carbocycles. The van der Waals surface area contributed by atoms with Crippen molar-refractivity contribution >= 4 is 11.6 Å². The Balaban J connectivity index is 1.86. The van der Waals surface area contributed by atoms with Gasteiger partial charge in [-0.15, -0.1) is 0 Å². The number of carbonyl (C=O) groups excluding carboxylic acids is 1. The van der Waals surface area contributed by atoms with Gasteiger partial charge in [0.2, 0.25) is 5.91 Å². The van der Waals surface area contributed by atoms with Crippen LogP contribution in [0.15, 0.2) is 18.2 Å². The van der Waals surface area contributed by atoms with Crippen LogP contribution in [0.4, 0.5) is 5.69 Å². The highest BCUT2D eigenvalue weighted by molar-refractivity contribution is 5.77. The normalized spacial score (nSPS) is 16.1. The average Bonchev–Trinajstić information content (AvgIpc) is 2.41. The zero-order valence-electron chi connectivity index (χ0n) is 12.1. The molecule has 1 aliphatic heterocycles. The minimum atomic E-state index is -0.422. The summed E-state index contributed by atoms with van der Waals surface area (Å²) >= 11 is 0. The van der Waals surface area contributed by atoms with Crippen LogP contribution < -0.4 is 10.6 Å². The lowest BCUT2D eigenvalue weighted by Gasteiger charge is -2.38. The summed E-state index contributed by atoms with van der Waals surface area (Å²) in [5.41, 5.74) is 1.10. The summed E-state index contributed by atoms with van der Waals surface area (Å²) in [6.45, 7) is 5.35. The van der Waals surface area contributed by atoms with Crippen molar-refractivity contribution in [1.82, 2.24) is 10.6 Å². The molecule has 1 aromatic carbocycles. The van der Waals surface area contributed by atoms with Crippen molar-refractivity contribution < 1.29 is 14.5 Å². The first-order chi connectivity index (χ1) is 9.91. The molecule has 0 bridgehead atoms. The highest BCUT2D eigenvalue weighted by atomic mass is 16.6. The molecular weight excluding hydrogens is 274 g/mol. The Bertz CT molecular complexity index is 555. The summed E-state index contributed by atoms with van der Waals surface area (Å²) in [5, 5.41) is 16.7. The Morgan fingerprint density at radius 3 is 2.81 bits per heavy atom. The summed E-state index contributed by atoms with van der Waals surface area (Å²) in [5.74, 6) is -0.228. The standard InChI is InChI=1S/C14H19N3O4/c1-10-11(4-3-5-12(10)17(19)20)6-16-13(18)7-21-14(2)8-15-9-14/h3-5,15H,6-9H2,1-2H3,(H,16,18). The van der Waals surface area contributed by atoms with Crippen molar-refractivity contribution in [2.45, 2.75) is 26.0 Å². The van der Waals surface area contributed by atoms with Gasteiger partial charge in [-0.3, -0.25) is 14.9 Å². The summed E-state index contributed by atoms with van der Waals surface area (Å²) in [4.78, 5) is 22.2. The van der Waals surface area contributed by atoms with Crippen LogP contribution in [0.25, 0.3) is 0 Å². The van der Waals surface area contributed by atoms with Gasteiger partial charge >= 0.3 is 0 Å². The van der Waals surface area contributed by atoms with E-state index in [1.807, 2.05) is 6.92 Å². The molecule has 0 aromatic heterocycles. The molecule has 2 N–H and O–H groups in total. The first-order valence-corrected chi connectivity index (χ1v) is 6.75. The van der Waals surface area contributed by atoms with E-state index in [0.29, 0.717) is 5.56 Å². The highest BCUT2D eigenvalue weighted by Gasteiger charge is 2.32. The zero-order chi connectivity index (χ0) is 15.5. The number of carbonyl (C=O) groups is 1. The molecule has 2 rings (SSSR count). The average molecular weight is 293 g/mol. The Kier molecular flexibility index (Phi) is 4.54. The van der Waals surface area contributed by atoms with Gasteiger partial charge in [-0.25, -0.2) is 0 Å². The molecule has 0 radical (unpaired) electrons. The largest absolute Gasteiger partial charge is 0.363 e. The summed E-state index contributed by atoms with van der Waals surface area (Å²) in [6, 6.07) is 4.83. The minimum absolute atomic E-state index is 0.00778. The fourth-order valence-electron chi connectivity index (χ4n) is 2.12. The molecule has 1 amide bonds. The van der Waals surface area contributed by atoms with Gasteiger partial charge in [0.1, 0.15) is 6.61 Å². The van der Waals surface area contributed by atoms with Gasteiger partial charge in [-0.1, -0.05) is 12.1 Å². The van der Waals surface area contributed by atoms with Crippen molar-refractivity contribution in [2.75, 3.05) is 19.7 Å². The predicted molar refractivity (Wildman–Crippen MR) is 76.9 cm³/mol. The Hall–Kier alpha value is -1.99. The van der Waals surface area contributed by atoms with Crippen molar-refractivity contribution in [1.29, 1.82) is 0 Å². The Morgan fingerprint density at radius 1 is 1.52 bits per heavy atom. The van der Waals surface area contributed by atoms with E-state index in [1.54, 1.807) is 19.1 Å². The van der Waals surface area contributed by atoms with Gasteiger partial charge < -0.3 is 15.4 Å². The topological polar surface area (TPSA) is 93.5 Å². The number of hydrogen-bond donors (Lipinski definition) is 2. The molecule has 1 heterocycles. The first kappa shape index (κ1) is 15.4. The monoisotopic (exact) mass is 293 g/mol. The number of ether oxygens (including phenoxy) is 1. The summed E-state index contributed by atoms with van der Waals surface area (Å²) < 4.78 is 5.53. The molecule has 21 heavy (non-hydrogen) atoms. The smallest absolute Gasteiger partial charge is 0.272 e. The number of benzene rings is 1. The SMILES string of the molecule is Cc1c(CNC(=O)COC2(C)CNC2)cccc1[N+](=O)[O-]. The van der Waals surface area contributed by atoms with E-state index in [2.05, 4.69) is 10.6 Å². The molecular formula is C14H19N3O4. The maximum atomic E-state index is 11.7. The lowest BCUT2D eigenvalue weighted by molar-refractivity contribution is -0.385. The second kappa shape index (κ2) is 6.19. The highest BCUT2D eigenvalue weighted by Crippen LogP contribution is 2.20. The quantitative estimate of drug-likeness (QED) is 0.600. The van der Waals surface area contributed by atoms with Crippen LogP contribution in [0.1, 0.15) is 18.1 Å². The van der Waals surface area contributed by atoms with E-state index >= 15 is 0 Å². The molecule has 1 saturated heterocycles. The van der Waals surface area contributed by atoms with Crippen LogP contribution >= 0.6 is 0 Å².